The molecule has 0 unspecified atom stereocenters. The van der Waals surface area contributed by atoms with Crippen LogP contribution >= 0.6 is 0 Å². The van der Waals surface area contributed by atoms with Crippen LogP contribution in [0, 0.1) is 5.82 Å². The third-order valence-corrected chi connectivity index (χ3v) is 5.03. The lowest BCUT2D eigenvalue weighted by molar-refractivity contribution is 0.631. The van der Waals surface area contributed by atoms with Gasteiger partial charge < -0.3 is 4.57 Å². The first-order chi connectivity index (χ1) is 13.1. The topological polar surface area (TPSA) is 35.6 Å². The molecule has 0 spiro atoms. The summed E-state index contributed by atoms with van der Waals surface area (Å²) >= 11 is 0. The maximum Gasteiger partial charge on any atom is 0.162 e. The predicted molar refractivity (Wildman–Crippen MR) is 106 cm³/mol. The minimum absolute atomic E-state index is 0.231. The first kappa shape index (κ1) is 15.8. The number of halogens is 1. The SMILES string of the molecule is Cn1nc(-c2nc3ccccc3n2C)c2cc(-c3ccccc3F)ccc21. The van der Waals surface area contributed by atoms with Crippen LogP contribution in [0.3, 0.4) is 0 Å². The molecular formula is C22H17FN4. The van der Waals surface area contributed by atoms with Crippen LogP contribution in [0.5, 0.6) is 0 Å². The number of benzene rings is 3. The molecule has 0 bridgehead atoms. The molecule has 0 amide bonds. The second-order valence-electron chi connectivity index (χ2n) is 6.67. The van der Waals surface area contributed by atoms with E-state index in [0.29, 0.717) is 5.56 Å². The van der Waals surface area contributed by atoms with Gasteiger partial charge in [0.2, 0.25) is 0 Å². The van der Waals surface area contributed by atoms with Crippen LogP contribution in [0.4, 0.5) is 4.39 Å². The summed E-state index contributed by atoms with van der Waals surface area (Å²) in [5.74, 6) is 0.567. The van der Waals surface area contributed by atoms with E-state index in [-0.39, 0.29) is 5.82 Å². The monoisotopic (exact) mass is 356 g/mol. The van der Waals surface area contributed by atoms with Crippen molar-refractivity contribution >= 4 is 21.9 Å². The van der Waals surface area contributed by atoms with Gasteiger partial charge in [-0.2, -0.15) is 5.10 Å². The lowest BCUT2D eigenvalue weighted by Gasteiger charge is -2.05. The van der Waals surface area contributed by atoms with E-state index in [1.165, 1.54) is 6.07 Å². The van der Waals surface area contributed by atoms with Gasteiger partial charge in [-0.3, -0.25) is 4.68 Å². The average molecular weight is 356 g/mol. The highest BCUT2D eigenvalue weighted by atomic mass is 19.1. The van der Waals surface area contributed by atoms with Crippen LogP contribution in [0.2, 0.25) is 0 Å². The van der Waals surface area contributed by atoms with Crippen LogP contribution in [-0.4, -0.2) is 19.3 Å². The van der Waals surface area contributed by atoms with Crippen LogP contribution < -0.4 is 0 Å². The molecule has 5 aromatic rings. The number of nitrogens with zero attached hydrogens (tertiary/aromatic N) is 4. The highest BCUT2D eigenvalue weighted by Crippen LogP contribution is 2.33. The first-order valence-corrected chi connectivity index (χ1v) is 8.77. The largest absolute Gasteiger partial charge is 0.326 e. The fourth-order valence-electron chi connectivity index (χ4n) is 3.65. The van der Waals surface area contributed by atoms with Crippen molar-refractivity contribution in [1.82, 2.24) is 19.3 Å². The minimum Gasteiger partial charge on any atom is -0.326 e. The summed E-state index contributed by atoms with van der Waals surface area (Å²) in [6, 6.07) is 20.7. The maximum atomic E-state index is 14.3. The minimum atomic E-state index is -0.231. The van der Waals surface area contributed by atoms with E-state index in [4.69, 9.17) is 10.1 Å². The number of aryl methyl sites for hydroxylation is 2. The Morgan fingerprint density at radius 1 is 0.852 bits per heavy atom. The van der Waals surface area contributed by atoms with Gasteiger partial charge >= 0.3 is 0 Å². The normalized spacial score (nSPS) is 11.5. The van der Waals surface area contributed by atoms with E-state index < -0.39 is 0 Å². The fourth-order valence-corrected chi connectivity index (χ4v) is 3.65. The van der Waals surface area contributed by atoms with Crippen molar-refractivity contribution in [3.8, 4) is 22.6 Å². The lowest BCUT2D eigenvalue weighted by Crippen LogP contribution is -1.95. The average Bonchev–Trinajstić information content (AvgIpc) is 3.19. The van der Waals surface area contributed by atoms with Crippen molar-refractivity contribution in [2.24, 2.45) is 14.1 Å². The summed E-state index contributed by atoms with van der Waals surface area (Å²) in [7, 11) is 3.91. The molecule has 0 saturated carbocycles. The predicted octanol–water partition coefficient (Wildman–Crippen LogP) is 4.93. The Morgan fingerprint density at radius 2 is 1.63 bits per heavy atom. The molecule has 132 valence electrons. The molecule has 0 saturated heterocycles. The third kappa shape index (κ3) is 2.35. The van der Waals surface area contributed by atoms with Crippen LogP contribution in [0.15, 0.2) is 66.7 Å². The molecule has 0 atom stereocenters. The molecule has 0 N–H and O–H groups in total. The Kier molecular flexibility index (Phi) is 3.37. The van der Waals surface area contributed by atoms with E-state index in [2.05, 4.69) is 0 Å². The number of fused-ring (bicyclic) bond motifs is 2. The highest BCUT2D eigenvalue weighted by Gasteiger charge is 2.18. The number of hydrogen-bond donors (Lipinski definition) is 0. The van der Waals surface area contributed by atoms with Gasteiger partial charge in [-0.25, -0.2) is 9.37 Å². The summed E-state index contributed by atoms with van der Waals surface area (Å²) in [4.78, 5) is 4.78. The van der Waals surface area contributed by atoms with Gasteiger partial charge in [-0.1, -0.05) is 36.4 Å². The van der Waals surface area contributed by atoms with Gasteiger partial charge in [0, 0.05) is 25.0 Å². The Bertz CT molecular complexity index is 1310. The smallest absolute Gasteiger partial charge is 0.162 e. The van der Waals surface area contributed by atoms with E-state index in [1.807, 2.05) is 71.9 Å². The Morgan fingerprint density at radius 3 is 2.44 bits per heavy atom. The molecule has 5 rings (SSSR count). The Balaban J connectivity index is 1.78. The van der Waals surface area contributed by atoms with E-state index in [9.17, 15) is 4.39 Å². The highest BCUT2D eigenvalue weighted by molar-refractivity contribution is 5.96. The summed E-state index contributed by atoms with van der Waals surface area (Å²) < 4.78 is 18.2. The summed E-state index contributed by atoms with van der Waals surface area (Å²) in [6.45, 7) is 0. The number of aromatic nitrogens is 4. The Hall–Kier alpha value is -3.47. The van der Waals surface area contributed by atoms with Crippen molar-refractivity contribution in [2.45, 2.75) is 0 Å². The zero-order valence-electron chi connectivity index (χ0n) is 15.0. The standard InChI is InChI=1S/C22H17FN4/c1-26-20-10-6-5-9-18(20)24-22(26)21-16-13-14(11-12-19(16)27(2)25-21)15-7-3-4-8-17(15)23/h3-13H,1-2H3. The van der Waals surface area contributed by atoms with Crippen LogP contribution in [0.1, 0.15) is 0 Å². The zero-order valence-corrected chi connectivity index (χ0v) is 15.0. The number of rotatable bonds is 2. The molecule has 0 radical (unpaired) electrons. The van der Waals surface area contributed by atoms with Crippen molar-refractivity contribution in [3.05, 3.63) is 72.5 Å². The molecule has 2 heterocycles. The first-order valence-electron chi connectivity index (χ1n) is 8.77. The molecule has 4 nitrogen and oxygen atoms in total. The molecule has 0 fully saturated rings. The number of hydrogen-bond acceptors (Lipinski definition) is 2. The molecule has 0 aliphatic rings. The van der Waals surface area contributed by atoms with Gasteiger partial charge in [0.25, 0.3) is 0 Å². The van der Waals surface area contributed by atoms with Crippen LogP contribution in [0.25, 0.3) is 44.6 Å². The summed E-state index contributed by atoms with van der Waals surface area (Å²) in [6.07, 6.45) is 0. The Labute approximate surface area is 155 Å². The van der Waals surface area contributed by atoms with Crippen molar-refractivity contribution < 1.29 is 4.39 Å². The maximum absolute atomic E-state index is 14.3. The van der Waals surface area contributed by atoms with Gasteiger partial charge in [-0.15, -0.1) is 0 Å². The molecule has 0 aliphatic heterocycles. The van der Waals surface area contributed by atoms with Gasteiger partial charge in [0.15, 0.2) is 5.82 Å². The van der Waals surface area contributed by atoms with Gasteiger partial charge in [0.05, 0.1) is 16.6 Å². The van der Waals surface area contributed by atoms with Gasteiger partial charge in [-0.05, 0) is 35.9 Å². The third-order valence-electron chi connectivity index (χ3n) is 5.03. The van der Waals surface area contributed by atoms with E-state index in [0.717, 1.165) is 39.0 Å². The molecule has 3 aromatic carbocycles. The molecule has 2 aromatic heterocycles. The van der Waals surface area contributed by atoms with Crippen molar-refractivity contribution in [3.63, 3.8) is 0 Å². The van der Waals surface area contributed by atoms with Crippen LogP contribution in [-0.2, 0) is 14.1 Å². The second-order valence-corrected chi connectivity index (χ2v) is 6.67. The fraction of sp³-hybridized carbons (Fsp3) is 0.0909. The molecule has 0 aliphatic carbocycles. The molecule has 27 heavy (non-hydrogen) atoms. The van der Waals surface area contributed by atoms with E-state index >= 15 is 0 Å². The summed E-state index contributed by atoms with van der Waals surface area (Å²) in [5.41, 5.74) is 5.17. The number of imidazole rings is 1. The zero-order chi connectivity index (χ0) is 18.5. The summed E-state index contributed by atoms with van der Waals surface area (Å²) in [5, 5.41) is 5.67. The van der Waals surface area contributed by atoms with Crippen molar-refractivity contribution in [1.29, 1.82) is 0 Å². The van der Waals surface area contributed by atoms with Crippen molar-refractivity contribution in [2.75, 3.05) is 0 Å². The van der Waals surface area contributed by atoms with E-state index in [1.54, 1.807) is 12.1 Å². The second kappa shape index (κ2) is 5.77. The van der Waals surface area contributed by atoms with Gasteiger partial charge in [0.1, 0.15) is 11.5 Å². The molecule has 5 heteroatoms. The quantitative estimate of drug-likeness (QED) is 0.449. The lowest BCUT2D eigenvalue weighted by atomic mass is 10.0. The molecular weight excluding hydrogens is 339 g/mol. The number of para-hydroxylation sites is 2.